The van der Waals surface area contributed by atoms with E-state index in [2.05, 4.69) is 15.6 Å². The Kier molecular flexibility index (Phi) is 6.30. The number of amides is 2. The second-order valence-corrected chi connectivity index (χ2v) is 8.41. The van der Waals surface area contributed by atoms with E-state index in [0.29, 0.717) is 44.9 Å². The summed E-state index contributed by atoms with van der Waals surface area (Å²) >= 11 is 12.1. The number of hydrogen-bond donors (Lipinski definition) is 2. The summed E-state index contributed by atoms with van der Waals surface area (Å²) < 4.78 is 5.74. The van der Waals surface area contributed by atoms with E-state index < -0.39 is 0 Å². The van der Waals surface area contributed by atoms with Crippen molar-refractivity contribution in [2.75, 3.05) is 5.32 Å². The van der Waals surface area contributed by atoms with Gasteiger partial charge in [-0.15, -0.1) is 0 Å². The molecule has 31 heavy (non-hydrogen) atoms. The number of rotatable bonds is 7. The maximum Gasteiger partial charge on any atom is 0.251 e. The molecule has 2 amide bonds. The minimum Gasteiger partial charge on any atom is -0.441 e. The summed E-state index contributed by atoms with van der Waals surface area (Å²) in [6, 6.07) is 10.7. The van der Waals surface area contributed by atoms with E-state index in [9.17, 15) is 9.59 Å². The number of carbonyl (C=O) groups is 2. The molecule has 2 aromatic carbocycles. The molecule has 2 N–H and O–H groups in total. The molecular formula is C23H21Cl2N3O3. The van der Waals surface area contributed by atoms with Gasteiger partial charge < -0.3 is 15.1 Å². The molecule has 1 fully saturated rings. The summed E-state index contributed by atoms with van der Waals surface area (Å²) in [5.74, 6) is 0.644. The summed E-state index contributed by atoms with van der Waals surface area (Å²) in [7, 11) is 0. The van der Waals surface area contributed by atoms with Crippen LogP contribution in [0.1, 0.15) is 41.1 Å². The minimum absolute atomic E-state index is 0.119. The van der Waals surface area contributed by atoms with Gasteiger partial charge in [-0.05, 0) is 55.7 Å². The second-order valence-electron chi connectivity index (χ2n) is 7.57. The molecule has 3 aromatic rings. The molecule has 8 heteroatoms. The molecule has 160 valence electrons. The van der Waals surface area contributed by atoms with Crippen LogP contribution in [0.15, 0.2) is 47.0 Å². The average Bonchev–Trinajstić information content (AvgIpc) is 3.42. The van der Waals surface area contributed by atoms with Crippen molar-refractivity contribution in [3.63, 3.8) is 0 Å². The third-order valence-corrected chi connectivity index (χ3v) is 5.55. The number of nitrogens with zero attached hydrogens (tertiary/aromatic N) is 1. The summed E-state index contributed by atoms with van der Waals surface area (Å²) in [5, 5.41) is 6.83. The summed E-state index contributed by atoms with van der Waals surface area (Å²) in [4.78, 5) is 28.9. The summed E-state index contributed by atoms with van der Waals surface area (Å²) in [6.45, 7) is 1.88. The third-order valence-electron chi connectivity index (χ3n) is 5.00. The van der Waals surface area contributed by atoms with Crippen molar-refractivity contribution in [3.05, 3.63) is 69.7 Å². The molecule has 6 nitrogen and oxygen atoms in total. The third kappa shape index (κ3) is 5.46. The van der Waals surface area contributed by atoms with Gasteiger partial charge in [-0.3, -0.25) is 9.59 Å². The van der Waals surface area contributed by atoms with Crippen molar-refractivity contribution in [2.45, 2.75) is 38.6 Å². The van der Waals surface area contributed by atoms with Crippen molar-refractivity contribution >= 4 is 40.7 Å². The number of carbonyl (C=O) groups excluding carboxylic acids is 2. The Morgan fingerprint density at radius 1 is 1.16 bits per heavy atom. The van der Waals surface area contributed by atoms with Crippen molar-refractivity contribution < 1.29 is 14.0 Å². The van der Waals surface area contributed by atoms with Crippen LogP contribution in [0.3, 0.4) is 0 Å². The number of anilines is 1. The SMILES string of the molecule is Cc1ccc(C(=O)NC2CC2)cc1NC(=O)CCc1ncc(-c2ccc(Cl)cc2Cl)o1. The van der Waals surface area contributed by atoms with E-state index in [4.69, 9.17) is 27.6 Å². The highest BCUT2D eigenvalue weighted by molar-refractivity contribution is 6.36. The average molecular weight is 458 g/mol. The van der Waals surface area contributed by atoms with Crippen LogP contribution in [0.25, 0.3) is 11.3 Å². The van der Waals surface area contributed by atoms with Gasteiger partial charge in [0.25, 0.3) is 5.91 Å². The first-order chi connectivity index (χ1) is 14.9. The van der Waals surface area contributed by atoms with E-state index in [1.54, 1.807) is 36.5 Å². The fraction of sp³-hybridized carbons (Fsp3) is 0.261. The molecule has 1 aliphatic carbocycles. The van der Waals surface area contributed by atoms with Crippen LogP contribution in [0, 0.1) is 6.92 Å². The molecule has 1 aliphatic rings. The largest absolute Gasteiger partial charge is 0.441 e. The van der Waals surface area contributed by atoms with Gasteiger partial charge in [-0.25, -0.2) is 4.98 Å². The Labute approximate surface area is 190 Å². The van der Waals surface area contributed by atoms with Gasteiger partial charge in [0.05, 0.1) is 11.2 Å². The van der Waals surface area contributed by atoms with Crippen LogP contribution in [0.4, 0.5) is 5.69 Å². The number of hydrogen-bond acceptors (Lipinski definition) is 4. The Morgan fingerprint density at radius 3 is 2.71 bits per heavy atom. The predicted molar refractivity (Wildman–Crippen MR) is 121 cm³/mol. The molecular weight excluding hydrogens is 437 g/mol. The molecule has 4 rings (SSSR count). The Bertz CT molecular complexity index is 1140. The van der Waals surface area contributed by atoms with Gasteiger partial charge in [0.1, 0.15) is 0 Å². The molecule has 1 heterocycles. The van der Waals surface area contributed by atoms with E-state index >= 15 is 0 Å². The van der Waals surface area contributed by atoms with Gasteiger partial charge in [-0.1, -0.05) is 29.3 Å². The van der Waals surface area contributed by atoms with Crippen molar-refractivity contribution in [1.29, 1.82) is 0 Å². The number of oxazole rings is 1. The van der Waals surface area contributed by atoms with Crippen molar-refractivity contribution in [3.8, 4) is 11.3 Å². The highest BCUT2D eigenvalue weighted by Gasteiger charge is 2.24. The molecule has 1 aromatic heterocycles. The molecule has 0 saturated heterocycles. The molecule has 0 spiro atoms. The first-order valence-corrected chi connectivity index (χ1v) is 10.8. The molecule has 1 saturated carbocycles. The van der Waals surface area contributed by atoms with E-state index in [1.807, 2.05) is 13.0 Å². The number of aromatic nitrogens is 1. The first-order valence-electron chi connectivity index (χ1n) is 10.0. The van der Waals surface area contributed by atoms with Crippen LogP contribution in [-0.4, -0.2) is 22.8 Å². The smallest absolute Gasteiger partial charge is 0.251 e. The zero-order valence-electron chi connectivity index (χ0n) is 16.9. The molecule has 0 unspecified atom stereocenters. The lowest BCUT2D eigenvalue weighted by molar-refractivity contribution is -0.116. The van der Waals surface area contributed by atoms with Crippen LogP contribution in [0.5, 0.6) is 0 Å². The minimum atomic E-state index is -0.188. The lowest BCUT2D eigenvalue weighted by atomic mass is 10.1. The van der Waals surface area contributed by atoms with E-state index in [1.165, 1.54) is 0 Å². The zero-order valence-corrected chi connectivity index (χ0v) is 18.4. The molecule has 0 radical (unpaired) electrons. The van der Waals surface area contributed by atoms with Gasteiger partial charge in [0, 0.05) is 40.7 Å². The van der Waals surface area contributed by atoms with Gasteiger partial charge >= 0.3 is 0 Å². The van der Waals surface area contributed by atoms with Crippen LogP contribution in [0.2, 0.25) is 10.0 Å². The van der Waals surface area contributed by atoms with E-state index in [0.717, 1.165) is 18.4 Å². The predicted octanol–water partition coefficient (Wildman–Crippen LogP) is 5.42. The zero-order chi connectivity index (χ0) is 22.0. The highest BCUT2D eigenvalue weighted by atomic mass is 35.5. The molecule has 0 bridgehead atoms. The standard InChI is InChI=1S/C23H21Cl2N3O3/c1-13-2-3-14(23(30)27-16-5-6-16)10-19(13)28-21(29)8-9-22-26-12-20(31-22)17-7-4-15(24)11-18(17)25/h2-4,7,10-12,16H,5-6,8-9H2,1H3,(H,27,30)(H,28,29). The fourth-order valence-corrected chi connectivity index (χ4v) is 3.57. The quantitative estimate of drug-likeness (QED) is 0.495. The molecule has 0 atom stereocenters. The van der Waals surface area contributed by atoms with Crippen molar-refractivity contribution in [2.24, 2.45) is 0 Å². The van der Waals surface area contributed by atoms with Gasteiger partial charge in [0.15, 0.2) is 11.7 Å². The number of benzene rings is 2. The maximum atomic E-state index is 12.5. The lowest BCUT2D eigenvalue weighted by Crippen LogP contribution is -2.25. The van der Waals surface area contributed by atoms with Crippen molar-refractivity contribution in [1.82, 2.24) is 10.3 Å². The Morgan fingerprint density at radius 2 is 1.97 bits per heavy atom. The van der Waals surface area contributed by atoms with Crippen LogP contribution >= 0.6 is 23.2 Å². The summed E-state index contributed by atoms with van der Waals surface area (Å²) in [6.07, 6.45) is 4.14. The van der Waals surface area contributed by atoms with Gasteiger partial charge in [0.2, 0.25) is 5.91 Å². The molecule has 0 aliphatic heterocycles. The van der Waals surface area contributed by atoms with Crippen LogP contribution < -0.4 is 10.6 Å². The second kappa shape index (κ2) is 9.12. The Hall–Kier alpha value is -2.83. The monoisotopic (exact) mass is 457 g/mol. The number of halogens is 2. The van der Waals surface area contributed by atoms with E-state index in [-0.39, 0.29) is 24.3 Å². The lowest BCUT2D eigenvalue weighted by Gasteiger charge is -2.10. The topological polar surface area (TPSA) is 84.2 Å². The van der Waals surface area contributed by atoms with Gasteiger partial charge in [-0.2, -0.15) is 0 Å². The summed E-state index contributed by atoms with van der Waals surface area (Å²) in [5.41, 5.74) is 2.72. The Balaban J connectivity index is 1.36. The normalized spacial score (nSPS) is 13.1. The fourth-order valence-electron chi connectivity index (χ4n) is 3.07. The number of aryl methyl sites for hydroxylation is 2. The number of nitrogens with one attached hydrogen (secondary N) is 2. The first kappa shape index (κ1) is 21.4. The highest BCUT2D eigenvalue weighted by Crippen LogP contribution is 2.31. The van der Waals surface area contributed by atoms with Crippen LogP contribution in [-0.2, 0) is 11.2 Å². The maximum absolute atomic E-state index is 12.5.